The van der Waals surface area contributed by atoms with Crippen LogP contribution in [0, 0.1) is 40.4 Å². The van der Waals surface area contributed by atoms with Crippen LogP contribution in [0.5, 0.6) is 0 Å². The Bertz CT molecular complexity index is 529. The molecule has 4 rings (SSSR count). The van der Waals surface area contributed by atoms with Crippen molar-refractivity contribution in [3.05, 3.63) is 0 Å². The van der Waals surface area contributed by atoms with Crippen LogP contribution in [0.1, 0.15) is 118 Å². The number of fused-ring (bicyclic) bond motifs is 5. The minimum atomic E-state index is -0.621. The quantitative estimate of drug-likeness (QED) is 0.522. The predicted octanol–water partition coefficient (Wildman–Crippen LogP) is 7.71. The largest absolute Gasteiger partial charge is 0.481 e. The lowest BCUT2D eigenvalue weighted by Crippen LogP contribution is -2.52. The summed E-state index contributed by atoms with van der Waals surface area (Å²) in [5.41, 5.74) is 1.21. The first-order chi connectivity index (χ1) is 13.4. The Hall–Kier alpha value is -0.530. The minimum Gasteiger partial charge on any atom is -0.481 e. The van der Waals surface area contributed by atoms with Crippen LogP contribution in [-0.2, 0) is 4.79 Å². The summed E-state index contributed by atoms with van der Waals surface area (Å²) in [6, 6.07) is 0. The lowest BCUT2D eigenvalue weighted by atomic mass is 9.44. The maximum atomic E-state index is 11.0. The van der Waals surface area contributed by atoms with Crippen molar-refractivity contribution in [2.45, 2.75) is 118 Å². The number of carboxylic acid groups (broad SMARTS) is 1. The van der Waals surface area contributed by atoms with E-state index in [0.717, 1.165) is 30.1 Å². The van der Waals surface area contributed by atoms with Gasteiger partial charge >= 0.3 is 5.97 Å². The van der Waals surface area contributed by atoms with E-state index >= 15 is 0 Å². The van der Waals surface area contributed by atoms with Crippen LogP contribution in [-0.4, -0.2) is 11.1 Å². The Labute approximate surface area is 174 Å². The molecule has 4 aliphatic rings. The number of hydrogen-bond acceptors (Lipinski definition) is 1. The maximum Gasteiger partial charge on any atom is 0.303 e. The van der Waals surface area contributed by atoms with Gasteiger partial charge in [-0.25, -0.2) is 0 Å². The summed E-state index contributed by atoms with van der Waals surface area (Å²) in [5.74, 6) is 3.90. The van der Waals surface area contributed by atoms with Crippen molar-refractivity contribution in [1.82, 2.24) is 0 Å². The summed E-state index contributed by atoms with van der Waals surface area (Å²) in [5, 5.41) is 9.05. The third-order valence-corrected chi connectivity index (χ3v) is 9.72. The van der Waals surface area contributed by atoms with Crippen LogP contribution in [0.4, 0.5) is 0 Å². The summed E-state index contributed by atoms with van der Waals surface area (Å²) in [6.45, 7) is 8.99. The maximum absolute atomic E-state index is 11.0. The summed E-state index contributed by atoms with van der Waals surface area (Å²) in [7, 11) is 0. The third-order valence-electron chi connectivity index (χ3n) is 9.72. The molecular formula is C26H46O2. The first-order valence-electron chi connectivity index (χ1n) is 12.7. The zero-order valence-corrected chi connectivity index (χ0v) is 19.1. The van der Waals surface area contributed by atoms with E-state index in [2.05, 4.69) is 13.8 Å². The zero-order chi connectivity index (χ0) is 20.4. The van der Waals surface area contributed by atoms with Crippen molar-refractivity contribution in [1.29, 1.82) is 0 Å². The Balaban J connectivity index is 0.00000109. The van der Waals surface area contributed by atoms with Crippen molar-refractivity contribution >= 4 is 5.97 Å². The van der Waals surface area contributed by atoms with E-state index in [1.165, 1.54) is 77.0 Å². The molecule has 0 radical (unpaired) electrons. The van der Waals surface area contributed by atoms with E-state index in [1.54, 1.807) is 0 Å². The average Bonchev–Trinajstić information content (AvgIpc) is 3.11. The highest BCUT2D eigenvalue weighted by Gasteiger charge is 2.58. The fourth-order valence-electron chi connectivity index (χ4n) is 8.61. The summed E-state index contributed by atoms with van der Waals surface area (Å²) >= 11 is 0. The Morgan fingerprint density at radius 1 is 0.964 bits per heavy atom. The van der Waals surface area contributed by atoms with E-state index in [9.17, 15) is 4.79 Å². The molecule has 162 valence electrons. The second-order valence-corrected chi connectivity index (χ2v) is 10.9. The van der Waals surface area contributed by atoms with Gasteiger partial charge in [-0.2, -0.15) is 0 Å². The number of rotatable bonds is 5. The lowest BCUT2D eigenvalue weighted by Gasteiger charge is -2.60. The molecule has 4 fully saturated rings. The predicted molar refractivity (Wildman–Crippen MR) is 117 cm³/mol. The van der Waals surface area contributed by atoms with Gasteiger partial charge in [0.15, 0.2) is 0 Å². The molecule has 0 aromatic rings. The highest BCUT2D eigenvalue weighted by Crippen LogP contribution is 2.67. The Morgan fingerprint density at radius 2 is 1.75 bits per heavy atom. The van der Waals surface area contributed by atoms with Crippen molar-refractivity contribution in [2.24, 2.45) is 40.4 Å². The van der Waals surface area contributed by atoms with Crippen LogP contribution in [0.2, 0.25) is 0 Å². The van der Waals surface area contributed by atoms with Crippen molar-refractivity contribution < 1.29 is 9.90 Å². The van der Waals surface area contributed by atoms with Crippen LogP contribution in [0.25, 0.3) is 0 Å². The molecule has 0 aromatic heterocycles. The molecule has 0 amide bonds. The third kappa shape index (κ3) is 4.04. The van der Waals surface area contributed by atoms with Gasteiger partial charge in [0.05, 0.1) is 0 Å². The van der Waals surface area contributed by atoms with Crippen molar-refractivity contribution in [3.8, 4) is 0 Å². The molecule has 7 atom stereocenters. The fourth-order valence-corrected chi connectivity index (χ4v) is 8.61. The fraction of sp³-hybridized carbons (Fsp3) is 0.962. The van der Waals surface area contributed by atoms with Gasteiger partial charge in [-0.15, -0.1) is 0 Å². The second-order valence-electron chi connectivity index (χ2n) is 10.9. The second kappa shape index (κ2) is 9.09. The van der Waals surface area contributed by atoms with E-state index in [0.29, 0.717) is 23.2 Å². The van der Waals surface area contributed by atoms with Crippen molar-refractivity contribution in [3.63, 3.8) is 0 Å². The van der Waals surface area contributed by atoms with E-state index in [-0.39, 0.29) is 0 Å². The molecule has 2 nitrogen and oxygen atoms in total. The van der Waals surface area contributed by atoms with Gasteiger partial charge in [-0.1, -0.05) is 47.0 Å². The smallest absolute Gasteiger partial charge is 0.303 e. The van der Waals surface area contributed by atoms with Gasteiger partial charge in [-0.05, 0) is 105 Å². The SMILES string of the molecule is CC.CC(CCC(=O)O)CC12CCCC1C1CCC3CCCCC3(C)C1CC2. The Kier molecular flexibility index (Phi) is 7.19. The number of aliphatic carboxylic acids is 1. The Morgan fingerprint density at radius 3 is 2.50 bits per heavy atom. The molecule has 28 heavy (non-hydrogen) atoms. The summed E-state index contributed by atoms with van der Waals surface area (Å²) in [4.78, 5) is 11.0. The minimum absolute atomic E-state index is 0.355. The molecule has 0 spiro atoms. The van der Waals surface area contributed by atoms with E-state index in [1.807, 2.05) is 13.8 Å². The molecule has 0 aromatic carbocycles. The number of hydrogen-bond donors (Lipinski definition) is 1. The van der Waals surface area contributed by atoms with Crippen LogP contribution in [0.3, 0.4) is 0 Å². The van der Waals surface area contributed by atoms with Crippen molar-refractivity contribution in [2.75, 3.05) is 0 Å². The molecule has 4 saturated carbocycles. The molecule has 0 bridgehead atoms. The van der Waals surface area contributed by atoms with Gasteiger partial charge in [0, 0.05) is 6.42 Å². The average molecular weight is 391 g/mol. The topological polar surface area (TPSA) is 37.3 Å². The molecule has 0 aliphatic heterocycles. The first kappa shape index (κ1) is 22.2. The highest BCUT2D eigenvalue weighted by molar-refractivity contribution is 5.66. The first-order valence-corrected chi connectivity index (χ1v) is 12.7. The molecule has 4 aliphatic carbocycles. The number of carbonyl (C=O) groups is 1. The molecule has 1 N–H and O–H groups in total. The monoisotopic (exact) mass is 390 g/mol. The molecular weight excluding hydrogens is 344 g/mol. The molecule has 7 unspecified atom stereocenters. The van der Waals surface area contributed by atoms with Crippen LogP contribution >= 0.6 is 0 Å². The lowest BCUT2D eigenvalue weighted by molar-refractivity contribution is -0.137. The van der Waals surface area contributed by atoms with Gasteiger partial charge in [0.2, 0.25) is 0 Å². The standard InChI is InChI=1S/C24H40O2.C2H6/c1-17(8-11-22(25)26)16-24-14-5-7-21(24)19-10-9-18-6-3-4-13-23(18,2)20(19)12-15-24;1-2/h17-21H,3-16H2,1-2H3,(H,25,26);1-2H3. The zero-order valence-electron chi connectivity index (χ0n) is 19.1. The van der Waals surface area contributed by atoms with Crippen LogP contribution < -0.4 is 0 Å². The summed E-state index contributed by atoms with van der Waals surface area (Å²) in [6.07, 6.45) is 18.7. The number of carboxylic acids is 1. The highest BCUT2D eigenvalue weighted by atomic mass is 16.4. The van der Waals surface area contributed by atoms with E-state index < -0.39 is 5.97 Å². The van der Waals surface area contributed by atoms with Crippen LogP contribution in [0.15, 0.2) is 0 Å². The molecule has 0 saturated heterocycles. The van der Waals surface area contributed by atoms with E-state index in [4.69, 9.17) is 5.11 Å². The van der Waals surface area contributed by atoms with Gasteiger partial charge < -0.3 is 5.11 Å². The van der Waals surface area contributed by atoms with Gasteiger partial charge in [-0.3, -0.25) is 4.79 Å². The molecule has 0 heterocycles. The molecule has 2 heteroatoms. The van der Waals surface area contributed by atoms with Gasteiger partial charge in [0.1, 0.15) is 0 Å². The normalized spacial score (nSPS) is 43.0. The van der Waals surface area contributed by atoms with Gasteiger partial charge in [0.25, 0.3) is 0 Å². The summed E-state index contributed by atoms with van der Waals surface area (Å²) < 4.78 is 0.